The first-order valence-electron chi connectivity index (χ1n) is 11.1. The quantitative estimate of drug-likeness (QED) is 0.595. The van der Waals surface area contributed by atoms with Crippen LogP contribution in [0.15, 0.2) is 47.4 Å². The van der Waals surface area contributed by atoms with Gasteiger partial charge in [-0.05, 0) is 61.7 Å². The lowest BCUT2D eigenvalue weighted by molar-refractivity contribution is -0.123. The predicted molar refractivity (Wildman–Crippen MR) is 125 cm³/mol. The Morgan fingerprint density at radius 1 is 0.970 bits per heavy atom. The van der Waals surface area contributed by atoms with E-state index < -0.39 is 10.0 Å². The minimum atomic E-state index is -3.51. The predicted octanol–water partition coefficient (Wildman–Crippen LogP) is 3.52. The third-order valence-corrected chi connectivity index (χ3v) is 7.59. The van der Waals surface area contributed by atoms with Gasteiger partial charge in [0.2, 0.25) is 10.0 Å². The monoisotopic (exact) mass is 476 g/mol. The summed E-state index contributed by atoms with van der Waals surface area (Å²) in [6.45, 7) is 2.79. The Morgan fingerprint density at radius 3 is 2.21 bits per heavy atom. The van der Waals surface area contributed by atoms with E-state index in [1.165, 1.54) is 12.1 Å². The van der Waals surface area contributed by atoms with Crippen LogP contribution in [0.1, 0.15) is 44.2 Å². The van der Waals surface area contributed by atoms with Gasteiger partial charge in [-0.15, -0.1) is 0 Å². The normalized spacial score (nSPS) is 15.8. The van der Waals surface area contributed by atoms with Gasteiger partial charge in [0.15, 0.2) is 18.1 Å². The van der Waals surface area contributed by atoms with Crippen LogP contribution in [0.5, 0.6) is 17.2 Å². The number of nitrogens with zero attached hydrogens (tertiary/aromatic N) is 1. The summed E-state index contributed by atoms with van der Waals surface area (Å²) < 4.78 is 43.4. The van der Waals surface area contributed by atoms with Crippen molar-refractivity contribution in [3.05, 3.63) is 48.0 Å². The molecule has 0 aliphatic carbocycles. The minimum Gasteiger partial charge on any atom is -0.493 e. The molecule has 1 amide bonds. The molecule has 1 saturated heterocycles. The molecule has 1 N–H and O–H groups in total. The van der Waals surface area contributed by atoms with Crippen LogP contribution in [0.3, 0.4) is 0 Å². The topological polar surface area (TPSA) is 94.2 Å². The molecule has 0 saturated carbocycles. The van der Waals surface area contributed by atoms with Crippen LogP contribution in [-0.4, -0.2) is 52.5 Å². The van der Waals surface area contributed by atoms with Crippen LogP contribution in [0.4, 0.5) is 0 Å². The van der Waals surface area contributed by atoms with Crippen LogP contribution >= 0.6 is 0 Å². The first-order valence-corrected chi connectivity index (χ1v) is 12.5. The number of benzene rings is 2. The maximum atomic E-state index is 12.9. The largest absolute Gasteiger partial charge is 0.493 e. The molecule has 9 heteroatoms. The fourth-order valence-electron chi connectivity index (χ4n) is 3.78. The molecule has 1 fully saturated rings. The maximum absolute atomic E-state index is 12.9. The molecule has 2 aromatic carbocycles. The van der Waals surface area contributed by atoms with E-state index in [1.807, 2.05) is 19.1 Å². The molecule has 0 bridgehead atoms. The van der Waals surface area contributed by atoms with Gasteiger partial charge in [-0.3, -0.25) is 4.79 Å². The molecule has 8 nitrogen and oxygen atoms in total. The molecule has 1 aliphatic heterocycles. The third kappa shape index (κ3) is 6.39. The molecule has 33 heavy (non-hydrogen) atoms. The molecule has 1 aliphatic rings. The zero-order chi connectivity index (χ0) is 23.8. The summed E-state index contributed by atoms with van der Waals surface area (Å²) in [4.78, 5) is 12.6. The Balaban J connectivity index is 1.55. The summed E-state index contributed by atoms with van der Waals surface area (Å²) in [6.07, 6.45) is 3.89. The van der Waals surface area contributed by atoms with Gasteiger partial charge >= 0.3 is 0 Å². The fraction of sp³-hybridized carbons (Fsp3) is 0.458. The number of amides is 1. The Morgan fingerprint density at radius 2 is 1.61 bits per heavy atom. The van der Waals surface area contributed by atoms with Crippen molar-refractivity contribution in [1.82, 2.24) is 9.62 Å². The van der Waals surface area contributed by atoms with Crippen molar-refractivity contribution in [3.63, 3.8) is 0 Å². The summed E-state index contributed by atoms with van der Waals surface area (Å²) in [5.74, 6) is 1.34. The van der Waals surface area contributed by atoms with Gasteiger partial charge in [0.1, 0.15) is 5.75 Å². The second kappa shape index (κ2) is 11.4. The molecule has 0 spiro atoms. The maximum Gasteiger partial charge on any atom is 0.258 e. The number of nitrogens with one attached hydrogen (secondary N) is 1. The van der Waals surface area contributed by atoms with E-state index in [9.17, 15) is 13.2 Å². The number of hydrogen-bond acceptors (Lipinski definition) is 6. The molecule has 180 valence electrons. The van der Waals surface area contributed by atoms with Crippen LogP contribution in [0.25, 0.3) is 0 Å². The van der Waals surface area contributed by atoms with E-state index in [2.05, 4.69) is 5.32 Å². The average molecular weight is 477 g/mol. The van der Waals surface area contributed by atoms with Crippen molar-refractivity contribution in [1.29, 1.82) is 0 Å². The van der Waals surface area contributed by atoms with Crippen molar-refractivity contribution in [2.75, 3.05) is 33.9 Å². The van der Waals surface area contributed by atoms with Crippen LogP contribution in [-0.2, 0) is 14.8 Å². The van der Waals surface area contributed by atoms with Crippen LogP contribution < -0.4 is 19.5 Å². The van der Waals surface area contributed by atoms with Crippen molar-refractivity contribution in [3.8, 4) is 17.2 Å². The molecule has 1 unspecified atom stereocenters. The second-order valence-electron chi connectivity index (χ2n) is 7.98. The molecular formula is C24H32N2O6S. The smallest absolute Gasteiger partial charge is 0.258 e. The number of sulfonamides is 1. The number of carbonyl (C=O) groups is 1. The zero-order valence-electron chi connectivity index (χ0n) is 19.4. The summed E-state index contributed by atoms with van der Waals surface area (Å²) in [7, 11) is -0.386. The third-order valence-electron chi connectivity index (χ3n) is 5.68. The molecular weight excluding hydrogens is 444 g/mol. The van der Waals surface area contributed by atoms with Gasteiger partial charge in [0, 0.05) is 13.1 Å². The highest BCUT2D eigenvalue weighted by atomic mass is 32.2. The lowest BCUT2D eigenvalue weighted by Gasteiger charge is -2.20. The molecule has 1 atom stereocenters. The van der Waals surface area contributed by atoms with Crippen LogP contribution in [0.2, 0.25) is 0 Å². The van der Waals surface area contributed by atoms with E-state index in [1.54, 1.807) is 36.7 Å². The Hall–Kier alpha value is -2.78. The van der Waals surface area contributed by atoms with E-state index >= 15 is 0 Å². The average Bonchev–Trinajstić information content (AvgIpc) is 3.13. The van der Waals surface area contributed by atoms with E-state index in [-0.39, 0.29) is 23.5 Å². The van der Waals surface area contributed by atoms with E-state index in [0.29, 0.717) is 30.3 Å². The molecule has 2 aromatic rings. The van der Waals surface area contributed by atoms with E-state index in [4.69, 9.17) is 14.2 Å². The summed E-state index contributed by atoms with van der Waals surface area (Å²) in [6, 6.07) is 11.4. The van der Waals surface area contributed by atoms with Crippen molar-refractivity contribution >= 4 is 15.9 Å². The second-order valence-corrected chi connectivity index (χ2v) is 9.92. The highest BCUT2D eigenvalue weighted by Crippen LogP contribution is 2.30. The Bertz CT molecular complexity index is 1030. The Labute approximate surface area is 195 Å². The van der Waals surface area contributed by atoms with Crippen molar-refractivity contribution < 1.29 is 27.4 Å². The van der Waals surface area contributed by atoms with Gasteiger partial charge in [-0.2, -0.15) is 4.31 Å². The van der Waals surface area contributed by atoms with E-state index in [0.717, 1.165) is 31.2 Å². The SMILES string of the molecule is COc1ccc(C(C)NC(=O)COc2ccc(S(=O)(=O)N3CCCCCC3)cc2)cc1OC. The standard InChI is InChI=1S/C24H32N2O6S/c1-18(19-8-13-22(30-2)23(16-19)31-3)25-24(27)17-32-20-9-11-21(12-10-20)33(28,29)26-14-6-4-5-7-15-26/h8-13,16,18H,4-7,14-15,17H2,1-3H3,(H,25,27). The summed E-state index contributed by atoms with van der Waals surface area (Å²) >= 11 is 0. The number of rotatable bonds is 9. The highest BCUT2D eigenvalue weighted by Gasteiger charge is 2.25. The van der Waals surface area contributed by atoms with Crippen LogP contribution in [0, 0.1) is 0 Å². The van der Waals surface area contributed by atoms with Gasteiger partial charge in [-0.25, -0.2) is 8.42 Å². The highest BCUT2D eigenvalue weighted by molar-refractivity contribution is 7.89. The van der Waals surface area contributed by atoms with Crippen molar-refractivity contribution in [2.24, 2.45) is 0 Å². The summed E-state index contributed by atoms with van der Waals surface area (Å²) in [5.41, 5.74) is 0.865. The molecule has 3 rings (SSSR count). The Kier molecular flexibility index (Phi) is 8.57. The molecule has 1 heterocycles. The zero-order valence-corrected chi connectivity index (χ0v) is 20.2. The lowest BCUT2D eigenvalue weighted by Crippen LogP contribution is -2.32. The summed E-state index contributed by atoms with van der Waals surface area (Å²) in [5, 5.41) is 2.88. The molecule has 0 radical (unpaired) electrons. The minimum absolute atomic E-state index is 0.185. The first-order chi connectivity index (χ1) is 15.8. The van der Waals surface area contributed by atoms with Gasteiger partial charge in [-0.1, -0.05) is 18.9 Å². The molecule has 0 aromatic heterocycles. The fourth-order valence-corrected chi connectivity index (χ4v) is 5.29. The first kappa shape index (κ1) is 24.9. The van der Waals surface area contributed by atoms with Gasteiger partial charge in [0.05, 0.1) is 25.2 Å². The number of ether oxygens (including phenoxy) is 3. The van der Waals surface area contributed by atoms with Crippen molar-refractivity contribution in [2.45, 2.75) is 43.5 Å². The number of carbonyl (C=O) groups excluding carboxylic acids is 1. The van der Waals surface area contributed by atoms with Gasteiger partial charge in [0.25, 0.3) is 5.91 Å². The number of methoxy groups -OCH3 is 2. The lowest BCUT2D eigenvalue weighted by atomic mass is 10.1. The van der Waals surface area contributed by atoms with Gasteiger partial charge < -0.3 is 19.5 Å². The number of hydrogen-bond donors (Lipinski definition) is 1.